The second-order valence-corrected chi connectivity index (χ2v) is 5.24. The summed E-state index contributed by atoms with van der Waals surface area (Å²) < 4.78 is 5.33. The van der Waals surface area contributed by atoms with Crippen LogP contribution >= 0.6 is 11.6 Å². The molecule has 1 aromatic rings. The molecule has 0 aliphatic carbocycles. The molecule has 1 aliphatic rings. The van der Waals surface area contributed by atoms with E-state index in [9.17, 15) is 4.79 Å². The zero-order valence-electron chi connectivity index (χ0n) is 11.9. The van der Waals surface area contributed by atoms with Crippen molar-refractivity contribution in [1.29, 1.82) is 0 Å². The van der Waals surface area contributed by atoms with E-state index >= 15 is 0 Å². The minimum absolute atomic E-state index is 0.0275. The Morgan fingerprint density at radius 1 is 1.50 bits per heavy atom. The Hall–Kier alpha value is -1.33. The number of rotatable bonds is 4. The Morgan fingerprint density at radius 2 is 2.20 bits per heavy atom. The van der Waals surface area contributed by atoms with Crippen LogP contribution < -0.4 is 5.32 Å². The van der Waals surface area contributed by atoms with Crippen molar-refractivity contribution in [3.05, 3.63) is 22.8 Å². The van der Waals surface area contributed by atoms with Gasteiger partial charge in [-0.1, -0.05) is 11.6 Å². The first kappa shape index (κ1) is 15.1. The quantitative estimate of drug-likeness (QED) is 0.867. The van der Waals surface area contributed by atoms with Gasteiger partial charge in [-0.2, -0.15) is 0 Å². The third-order valence-corrected chi connectivity index (χ3v) is 3.65. The molecule has 1 saturated heterocycles. The summed E-state index contributed by atoms with van der Waals surface area (Å²) in [5.74, 6) is 0.601. The lowest BCUT2D eigenvalue weighted by atomic mass is 10.1. The maximum absolute atomic E-state index is 12.5. The van der Waals surface area contributed by atoms with Crippen molar-refractivity contribution in [3.8, 4) is 0 Å². The second-order valence-electron chi connectivity index (χ2n) is 4.85. The Balaban J connectivity index is 2.14. The lowest BCUT2D eigenvalue weighted by Crippen LogP contribution is -2.40. The molecule has 0 saturated carbocycles. The van der Waals surface area contributed by atoms with Crippen molar-refractivity contribution in [1.82, 2.24) is 9.88 Å². The van der Waals surface area contributed by atoms with Gasteiger partial charge in [-0.25, -0.2) is 4.98 Å². The SMILES string of the molecule is CCNc1cc(C(=O)N(C)C2CCOCC2)cc(Cl)n1. The predicted molar refractivity (Wildman–Crippen MR) is 79.3 cm³/mol. The fourth-order valence-corrected chi connectivity index (χ4v) is 2.54. The van der Waals surface area contributed by atoms with Crippen LogP contribution in [-0.2, 0) is 4.74 Å². The number of amides is 1. The van der Waals surface area contributed by atoms with E-state index in [0.29, 0.717) is 29.7 Å². The number of aromatic nitrogens is 1. The van der Waals surface area contributed by atoms with Crippen molar-refractivity contribution < 1.29 is 9.53 Å². The molecule has 6 heteroatoms. The molecule has 1 aromatic heterocycles. The van der Waals surface area contributed by atoms with Crippen LogP contribution in [0.25, 0.3) is 0 Å². The summed E-state index contributed by atoms with van der Waals surface area (Å²) >= 11 is 5.98. The van der Waals surface area contributed by atoms with Crippen LogP contribution in [0.15, 0.2) is 12.1 Å². The first-order chi connectivity index (χ1) is 9.61. The van der Waals surface area contributed by atoms with Crippen LogP contribution in [0.4, 0.5) is 5.82 Å². The first-order valence-electron chi connectivity index (χ1n) is 6.88. The van der Waals surface area contributed by atoms with Gasteiger partial charge in [-0.15, -0.1) is 0 Å². The molecule has 110 valence electrons. The van der Waals surface area contributed by atoms with Crippen LogP contribution in [0.3, 0.4) is 0 Å². The molecule has 1 fully saturated rings. The van der Waals surface area contributed by atoms with Gasteiger partial charge in [-0.05, 0) is 31.9 Å². The third-order valence-electron chi connectivity index (χ3n) is 3.46. The molecule has 0 spiro atoms. The maximum Gasteiger partial charge on any atom is 0.254 e. The Bertz CT molecular complexity index is 475. The van der Waals surface area contributed by atoms with Crippen LogP contribution in [-0.4, -0.2) is 48.6 Å². The lowest BCUT2D eigenvalue weighted by molar-refractivity contribution is 0.0362. The summed E-state index contributed by atoms with van der Waals surface area (Å²) in [5, 5.41) is 3.40. The highest BCUT2D eigenvalue weighted by Crippen LogP contribution is 2.19. The number of nitrogens with zero attached hydrogens (tertiary/aromatic N) is 2. The molecule has 0 unspecified atom stereocenters. The number of hydrogen-bond donors (Lipinski definition) is 1. The first-order valence-corrected chi connectivity index (χ1v) is 7.26. The monoisotopic (exact) mass is 297 g/mol. The Morgan fingerprint density at radius 3 is 2.85 bits per heavy atom. The third kappa shape index (κ3) is 3.61. The summed E-state index contributed by atoms with van der Waals surface area (Å²) in [5.41, 5.74) is 0.565. The predicted octanol–water partition coefficient (Wildman–Crippen LogP) is 2.42. The fraction of sp³-hybridized carbons (Fsp3) is 0.571. The number of nitrogens with one attached hydrogen (secondary N) is 1. The molecule has 1 amide bonds. The highest BCUT2D eigenvalue weighted by molar-refractivity contribution is 6.29. The highest BCUT2D eigenvalue weighted by atomic mass is 35.5. The molecule has 0 aromatic carbocycles. The van der Waals surface area contributed by atoms with Crippen LogP contribution in [0.5, 0.6) is 0 Å². The summed E-state index contributed by atoms with van der Waals surface area (Å²) in [6.45, 7) is 4.12. The molecule has 2 rings (SSSR count). The number of halogens is 1. The van der Waals surface area contributed by atoms with Crippen LogP contribution in [0, 0.1) is 0 Å². The van der Waals surface area contributed by atoms with Gasteiger partial charge in [0.2, 0.25) is 0 Å². The average Bonchev–Trinajstić information content (AvgIpc) is 2.46. The molecular weight excluding hydrogens is 278 g/mol. The molecule has 5 nitrogen and oxygen atoms in total. The number of anilines is 1. The van der Waals surface area contributed by atoms with E-state index in [2.05, 4.69) is 10.3 Å². The normalized spacial score (nSPS) is 15.9. The minimum atomic E-state index is -0.0275. The van der Waals surface area contributed by atoms with Crippen molar-refractivity contribution >= 4 is 23.3 Å². The Kier molecular flexibility index (Phi) is 5.20. The van der Waals surface area contributed by atoms with E-state index in [-0.39, 0.29) is 11.9 Å². The summed E-state index contributed by atoms with van der Waals surface area (Å²) in [6, 6.07) is 3.58. The molecule has 20 heavy (non-hydrogen) atoms. The van der Waals surface area contributed by atoms with E-state index in [4.69, 9.17) is 16.3 Å². The Labute approximate surface area is 124 Å². The van der Waals surface area contributed by atoms with Crippen LogP contribution in [0.2, 0.25) is 5.15 Å². The van der Waals surface area contributed by atoms with Gasteiger partial charge in [0.25, 0.3) is 5.91 Å². The van der Waals surface area contributed by atoms with Gasteiger partial charge < -0.3 is 15.0 Å². The van der Waals surface area contributed by atoms with E-state index < -0.39 is 0 Å². The molecule has 0 radical (unpaired) electrons. The number of hydrogen-bond acceptors (Lipinski definition) is 4. The van der Waals surface area contributed by atoms with Crippen molar-refractivity contribution in [2.24, 2.45) is 0 Å². The molecule has 1 N–H and O–H groups in total. The topological polar surface area (TPSA) is 54.5 Å². The van der Waals surface area contributed by atoms with E-state index in [1.165, 1.54) is 0 Å². The minimum Gasteiger partial charge on any atom is -0.381 e. The van der Waals surface area contributed by atoms with Gasteiger partial charge in [0.1, 0.15) is 11.0 Å². The van der Waals surface area contributed by atoms with Crippen molar-refractivity contribution in [2.75, 3.05) is 32.1 Å². The molecular formula is C14H20ClN3O2. The zero-order valence-corrected chi connectivity index (χ0v) is 12.6. The lowest BCUT2D eigenvalue weighted by Gasteiger charge is -2.31. The van der Waals surface area contributed by atoms with Gasteiger partial charge in [-0.3, -0.25) is 4.79 Å². The molecule has 0 bridgehead atoms. The van der Waals surface area contributed by atoms with Gasteiger partial charge in [0, 0.05) is 38.4 Å². The largest absolute Gasteiger partial charge is 0.381 e. The summed E-state index contributed by atoms with van der Waals surface area (Å²) in [7, 11) is 1.83. The van der Waals surface area contributed by atoms with Gasteiger partial charge in [0.05, 0.1) is 0 Å². The van der Waals surface area contributed by atoms with Crippen LogP contribution in [0.1, 0.15) is 30.1 Å². The van der Waals surface area contributed by atoms with Crippen molar-refractivity contribution in [2.45, 2.75) is 25.8 Å². The zero-order chi connectivity index (χ0) is 14.5. The number of ether oxygens (including phenoxy) is 1. The smallest absolute Gasteiger partial charge is 0.254 e. The second kappa shape index (κ2) is 6.90. The number of pyridine rings is 1. The van der Waals surface area contributed by atoms with E-state index in [0.717, 1.165) is 19.4 Å². The average molecular weight is 298 g/mol. The van der Waals surface area contributed by atoms with Crippen molar-refractivity contribution in [3.63, 3.8) is 0 Å². The van der Waals surface area contributed by atoms with E-state index in [1.807, 2.05) is 14.0 Å². The van der Waals surface area contributed by atoms with Gasteiger partial charge >= 0.3 is 0 Å². The number of carbonyl (C=O) groups is 1. The fourth-order valence-electron chi connectivity index (χ4n) is 2.33. The van der Waals surface area contributed by atoms with E-state index in [1.54, 1.807) is 17.0 Å². The maximum atomic E-state index is 12.5. The summed E-state index contributed by atoms with van der Waals surface area (Å²) in [4.78, 5) is 18.4. The standard InChI is InChI=1S/C14H20ClN3O2/c1-3-16-13-9-10(8-12(15)17-13)14(19)18(2)11-4-6-20-7-5-11/h8-9,11H,3-7H2,1-2H3,(H,16,17). The van der Waals surface area contributed by atoms with Gasteiger partial charge in [0.15, 0.2) is 0 Å². The molecule has 0 atom stereocenters. The molecule has 2 heterocycles. The molecule has 1 aliphatic heterocycles. The number of carbonyl (C=O) groups excluding carboxylic acids is 1. The summed E-state index contributed by atoms with van der Waals surface area (Å²) in [6.07, 6.45) is 1.75. The highest BCUT2D eigenvalue weighted by Gasteiger charge is 2.23.